The maximum absolute atomic E-state index is 10.1. The molecule has 4 nitrogen and oxygen atoms in total. The van der Waals surface area contributed by atoms with Gasteiger partial charge in [0.15, 0.2) is 0 Å². The first-order valence-electron chi connectivity index (χ1n) is 5.88. The summed E-state index contributed by atoms with van der Waals surface area (Å²) in [7, 11) is 0. The van der Waals surface area contributed by atoms with Gasteiger partial charge in [-0.3, -0.25) is 0 Å². The average Bonchev–Trinajstić information content (AvgIpc) is 2.85. The number of rotatable bonds is 6. The van der Waals surface area contributed by atoms with E-state index in [2.05, 4.69) is 10.2 Å². The molecular formula is C13H16N2O2S2. The Morgan fingerprint density at radius 3 is 2.68 bits per heavy atom. The lowest BCUT2D eigenvalue weighted by Crippen LogP contribution is -2.00. The largest absolute Gasteiger partial charge is 0.415 e. The van der Waals surface area contributed by atoms with Gasteiger partial charge >= 0.3 is 0 Å². The zero-order valence-corrected chi connectivity index (χ0v) is 12.5. The van der Waals surface area contributed by atoms with Crippen molar-refractivity contribution in [2.24, 2.45) is 0 Å². The van der Waals surface area contributed by atoms with Gasteiger partial charge < -0.3 is 9.52 Å². The number of nitrogens with zero attached hydrogens (tertiary/aromatic N) is 2. The third-order valence-electron chi connectivity index (χ3n) is 2.54. The highest BCUT2D eigenvalue weighted by atomic mass is 32.2. The van der Waals surface area contributed by atoms with Gasteiger partial charge in [0.1, 0.15) is 0 Å². The van der Waals surface area contributed by atoms with E-state index >= 15 is 0 Å². The summed E-state index contributed by atoms with van der Waals surface area (Å²) >= 11 is 3.01. The molecule has 0 amide bonds. The molecule has 1 aromatic heterocycles. The SMILES string of the molecule is CSCc1nnc(SCC(O)c2ccc(C)cc2)o1. The van der Waals surface area contributed by atoms with Crippen LogP contribution in [0.1, 0.15) is 23.1 Å². The van der Waals surface area contributed by atoms with E-state index in [0.717, 1.165) is 5.56 Å². The molecular weight excluding hydrogens is 280 g/mol. The van der Waals surface area contributed by atoms with Gasteiger partial charge in [0.2, 0.25) is 5.89 Å². The molecule has 0 saturated heterocycles. The third kappa shape index (κ3) is 4.26. The molecule has 102 valence electrons. The van der Waals surface area contributed by atoms with Crippen LogP contribution in [0.2, 0.25) is 0 Å². The number of hydrogen-bond acceptors (Lipinski definition) is 6. The van der Waals surface area contributed by atoms with E-state index in [1.807, 2.05) is 37.4 Å². The summed E-state index contributed by atoms with van der Waals surface area (Å²) in [5.41, 5.74) is 2.09. The lowest BCUT2D eigenvalue weighted by Gasteiger charge is -2.09. The minimum absolute atomic E-state index is 0.504. The zero-order chi connectivity index (χ0) is 13.7. The lowest BCUT2D eigenvalue weighted by atomic mass is 10.1. The molecule has 1 N–H and O–H groups in total. The van der Waals surface area contributed by atoms with E-state index in [0.29, 0.717) is 22.6 Å². The molecule has 1 unspecified atom stereocenters. The Hall–Kier alpha value is -0.980. The first-order chi connectivity index (χ1) is 9.19. The summed E-state index contributed by atoms with van der Waals surface area (Å²) in [5.74, 6) is 1.85. The molecule has 1 atom stereocenters. The lowest BCUT2D eigenvalue weighted by molar-refractivity contribution is 0.203. The first kappa shape index (κ1) is 14.4. The maximum Gasteiger partial charge on any atom is 0.276 e. The van der Waals surface area contributed by atoms with Crippen LogP contribution >= 0.6 is 23.5 Å². The van der Waals surface area contributed by atoms with E-state index in [1.54, 1.807) is 11.8 Å². The summed E-state index contributed by atoms with van der Waals surface area (Å²) in [6.45, 7) is 2.02. The second-order valence-corrected chi connectivity index (χ2v) is 5.97. The van der Waals surface area contributed by atoms with Gasteiger partial charge in [0.05, 0.1) is 11.9 Å². The highest BCUT2D eigenvalue weighted by molar-refractivity contribution is 7.99. The Morgan fingerprint density at radius 1 is 1.26 bits per heavy atom. The molecule has 0 aliphatic heterocycles. The van der Waals surface area contributed by atoms with Gasteiger partial charge in [-0.05, 0) is 18.7 Å². The van der Waals surface area contributed by atoms with E-state index in [9.17, 15) is 5.11 Å². The van der Waals surface area contributed by atoms with Crippen molar-refractivity contribution in [3.63, 3.8) is 0 Å². The summed E-state index contributed by atoms with van der Waals surface area (Å²) < 4.78 is 5.44. The van der Waals surface area contributed by atoms with Gasteiger partial charge in [-0.2, -0.15) is 11.8 Å². The maximum atomic E-state index is 10.1. The Labute approximate surface area is 121 Å². The topological polar surface area (TPSA) is 59.2 Å². The second-order valence-electron chi connectivity index (χ2n) is 4.13. The van der Waals surface area contributed by atoms with Crippen molar-refractivity contribution in [1.29, 1.82) is 0 Å². The molecule has 6 heteroatoms. The smallest absolute Gasteiger partial charge is 0.276 e. The summed E-state index contributed by atoms with van der Waals surface area (Å²) in [6.07, 6.45) is 1.46. The number of aliphatic hydroxyl groups excluding tert-OH is 1. The molecule has 1 aromatic carbocycles. The summed E-state index contributed by atoms with van der Waals surface area (Å²) in [6, 6.07) is 7.86. The normalized spacial score (nSPS) is 12.6. The van der Waals surface area contributed by atoms with Crippen LogP contribution in [-0.2, 0) is 5.75 Å². The molecule has 0 saturated carbocycles. The molecule has 0 aliphatic carbocycles. The zero-order valence-electron chi connectivity index (χ0n) is 10.9. The molecule has 1 heterocycles. The molecule has 0 aliphatic rings. The standard InChI is InChI=1S/C13H16N2O2S2/c1-9-3-5-10(6-4-9)11(16)7-19-13-15-14-12(17-13)8-18-2/h3-6,11,16H,7-8H2,1-2H3. The van der Waals surface area contributed by atoms with Crippen LogP contribution in [0.3, 0.4) is 0 Å². The van der Waals surface area contributed by atoms with E-state index in [-0.39, 0.29) is 0 Å². The highest BCUT2D eigenvalue weighted by Gasteiger charge is 2.11. The molecule has 2 rings (SSSR count). The minimum Gasteiger partial charge on any atom is -0.415 e. The van der Waals surface area contributed by atoms with Gasteiger partial charge in [-0.1, -0.05) is 41.6 Å². The molecule has 0 bridgehead atoms. The van der Waals surface area contributed by atoms with Crippen molar-refractivity contribution in [3.8, 4) is 0 Å². The fourth-order valence-electron chi connectivity index (χ4n) is 1.51. The highest BCUT2D eigenvalue weighted by Crippen LogP contribution is 2.24. The van der Waals surface area contributed by atoms with Crippen LogP contribution < -0.4 is 0 Å². The molecule has 2 aromatic rings. The van der Waals surface area contributed by atoms with Crippen LogP contribution in [0.5, 0.6) is 0 Å². The van der Waals surface area contributed by atoms with Crippen LogP contribution in [0.4, 0.5) is 0 Å². The molecule has 0 fully saturated rings. The Bertz CT molecular complexity index is 514. The predicted octanol–water partition coefficient (Wildman–Crippen LogP) is 3.07. The molecule has 19 heavy (non-hydrogen) atoms. The second kappa shape index (κ2) is 6.98. The number of benzene rings is 1. The Kier molecular flexibility index (Phi) is 5.30. The van der Waals surface area contributed by atoms with Crippen molar-refractivity contribution in [2.75, 3.05) is 12.0 Å². The first-order valence-corrected chi connectivity index (χ1v) is 8.25. The number of hydrogen-bond donors (Lipinski definition) is 1. The van der Waals surface area contributed by atoms with Crippen molar-refractivity contribution in [3.05, 3.63) is 41.3 Å². The van der Waals surface area contributed by atoms with Crippen LogP contribution in [0, 0.1) is 6.92 Å². The van der Waals surface area contributed by atoms with E-state index in [4.69, 9.17) is 4.42 Å². The van der Waals surface area contributed by atoms with Crippen LogP contribution in [0.15, 0.2) is 33.9 Å². The van der Waals surface area contributed by atoms with Gasteiger partial charge in [-0.15, -0.1) is 10.2 Å². The number of thioether (sulfide) groups is 2. The summed E-state index contributed by atoms with van der Waals surface area (Å²) in [5, 5.41) is 18.4. The van der Waals surface area contributed by atoms with Crippen molar-refractivity contribution < 1.29 is 9.52 Å². The predicted molar refractivity (Wildman–Crippen MR) is 78.4 cm³/mol. The van der Waals surface area contributed by atoms with Gasteiger partial charge in [-0.25, -0.2) is 0 Å². The summed E-state index contributed by atoms with van der Waals surface area (Å²) in [4.78, 5) is 0. The van der Waals surface area contributed by atoms with Crippen LogP contribution in [0.25, 0.3) is 0 Å². The molecule has 0 radical (unpaired) electrons. The number of aliphatic hydroxyl groups is 1. The molecule has 0 spiro atoms. The monoisotopic (exact) mass is 296 g/mol. The van der Waals surface area contributed by atoms with Crippen molar-refractivity contribution in [2.45, 2.75) is 24.0 Å². The number of aromatic nitrogens is 2. The Balaban J connectivity index is 1.88. The van der Waals surface area contributed by atoms with Crippen molar-refractivity contribution >= 4 is 23.5 Å². The average molecular weight is 296 g/mol. The fraction of sp³-hybridized carbons (Fsp3) is 0.385. The van der Waals surface area contributed by atoms with Crippen LogP contribution in [-0.4, -0.2) is 27.3 Å². The van der Waals surface area contributed by atoms with Crippen molar-refractivity contribution in [1.82, 2.24) is 10.2 Å². The van der Waals surface area contributed by atoms with E-state index < -0.39 is 6.10 Å². The Morgan fingerprint density at radius 2 is 2.00 bits per heavy atom. The fourth-order valence-corrected chi connectivity index (χ4v) is 2.62. The van der Waals surface area contributed by atoms with E-state index in [1.165, 1.54) is 17.3 Å². The number of aryl methyl sites for hydroxylation is 1. The third-order valence-corrected chi connectivity index (χ3v) is 3.97. The quantitative estimate of drug-likeness (QED) is 0.827. The van der Waals surface area contributed by atoms with Gasteiger partial charge in [0.25, 0.3) is 5.22 Å². The minimum atomic E-state index is -0.526. The van der Waals surface area contributed by atoms with Gasteiger partial charge in [0, 0.05) is 5.75 Å².